The van der Waals surface area contributed by atoms with Crippen LogP contribution < -0.4 is 11.3 Å². The number of rotatable bonds is 5. The van der Waals surface area contributed by atoms with Gasteiger partial charge < -0.3 is 4.74 Å². The van der Waals surface area contributed by atoms with Gasteiger partial charge >= 0.3 is 0 Å². The molecule has 0 fully saturated rings. The van der Waals surface area contributed by atoms with E-state index in [1.54, 1.807) is 23.5 Å². The zero-order valence-electron chi connectivity index (χ0n) is 9.76. The first-order valence-corrected chi connectivity index (χ1v) is 6.38. The van der Waals surface area contributed by atoms with Gasteiger partial charge in [0.15, 0.2) is 0 Å². The van der Waals surface area contributed by atoms with Gasteiger partial charge in [0.2, 0.25) is 0 Å². The Morgan fingerprint density at radius 2 is 2.06 bits per heavy atom. The highest BCUT2D eigenvalue weighted by molar-refractivity contribution is 7.09. The van der Waals surface area contributed by atoms with Crippen LogP contribution in [0.25, 0.3) is 0 Å². The Labute approximate surface area is 109 Å². The number of carbonyl (C=O) groups is 1. The Hall–Kier alpha value is -1.69. The van der Waals surface area contributed by atoms with Gasteiger partial charge in [0.1, 0.15) is 0 Å². The summed E-state index contributed by atoms with van der Waals surface area (Å²) in [5, 5.41) is 2.01. The Kier molecular flexibility index (Phi) is 4.46. The molecule has 94 valence electrons. The van der Waals surface area contributed by atoms with E-state index in [9.17, 15) is 4.79 Å². The van der Waals surface area contributed by atoms with E-state index in [-0.39, 0.29) is 5.91 Å². The number of ether oxygens (including phenoxy) is 1. The number of amides is 1. The molecule has 0 atom stereocenters. The molecule has 4 nitrogen and oxygen atoms in total. The number of nitrogens with two attached hydrogens (primary N) is 1. The second-order valence-electron chi connectivity index (χ2n) is 3.70. The van der Waals surface area contributed by atoms with Crippen LogP contribution in [-0.4, -0.2) is 5.91 Å². The molecule has 1 aromatic carbocycles. The molecule has 18 heavy (non-hydrogen) atoms. The minimum atomic E-state index is -0.301. The van der Waals surface area contributed by atoms with Crippen LogP contribution in [0.4, 0.5) is 0 Å². The molecule has 3 N–H and O–H groups in total. The maximum absolute atomic E-state index is 11.5. The second-order valence-corrected chi connectivity index (χ2v) is 4.74. The predicted molar refractivity (Wildman–Crippen MR) is 70.9 cm³/mol. The molecule has 0 saturated heterocycles. The molecule has 1 amide bonds. The molecule has 0 aliphatic heterocycles. The van der Waals surface area contributed by atoms with Crippen LogP contribution in [-0.2, 0) is 18.0 Å². The molecule has 1 aromatic heterocycles. The Morgan fingerprint density at radius 1 is 1.22 bits per heavy atom. The van der Waals surface area contributed by atoms with Crippen molar-refractivity contribution < 1.29 is 9.53 Å². The van der Waals surface area contributed by atoms with E-state index in [2.05, 4.69) is 5.43 Å². The number of benzene rings is 1. The van der Waals surface area contributed by atoms with Gasteiger partial charge in [-0.1, -0.05) is 24.3 Å². The molecule has 2 aromatic rings. The molecule has 5 heteroatoms. The molecule has 0 spiro atoms. The summed E-state index contributed by atoms with van der Waals surface area (Å²) in [6.07, 6.45) is 0. The molecular weight excluding hydrogens is 248 g/mol. The summed E-state index contributed by atoms with van der Waals surface area (Å²) in [4.78, 5) is 12.7. The van der Waals surface area contributed by atoms with Crippen molar-refractivity contribution in [2.45, 2.75) is 13.2 Å². The lowest BCUT2D eigenvalue weighted by atomic mass is 10.1. The first-order valence-electron chi connectivity index (χ1n) is 5.50. The molecule has 0 aliphatic carbocycles. The van der Waals surface area contributed by atoms with E-state index in [0.29, 0.717) is 18.8 Å². The lowest BCUT2D eigenvalue weighted by Crippen LogP contribution is -2.30. The normalized spacial score (nSPS) is 10.3. The standard InChI is InChI=1S/C13H14N2O2S/c14-15-13(16)12-6-2-1-4-10(12)8-17-9-11-5-3-7-18-11/h1-7H,8-9,14H2,(H,15,16). The molecule has 0 bridgehead atoms. The average Bonchev–Trinajstić information content (AvgIpc) is 2.92. The zero-order chi connectivity index (χ0) is 12.8. The Morgan fingerprint density at radius 3 is 2.78 bits per heavy atom. The number of nitrogens with one attached hydrogen (secondary N) is 1. The molecule has 0 radical (unpaired) electrons. The molecular formula is C13H14N2O2S. The quantitative estimate of drug-likeness (QED) is 0.492. The third kappa shape index (κ3) is 3.16. The smallest absolute Gasteiger partial charge is 0.265 e. The highest BCUT2D eigenvalue weighted by atomic mass is 32.1. The van der Waals surface area contributed by atoms with Crippen LogP contribution in [0.3, 0.4) is 0 Å². The van der Waals surface area contributed by atoms with Crippen molar-refractivity contribution in [3.05, 3.63) is 57.8 Å². The van der Waals surface area contributed by atoms with Crippen LogP contribution in [0.15, 0.2) is 41.8 Å². The molecule has 0 unspecified atom stereocenters. The monoisotopic (exact) mass is 262 g/mol. The summed E-state index contributed by atoms with van der Waals surface area (Å²) < 4.78 is 5.59. The number of hydrogen-bond donors (Lipinski definition) is 2. The molecule has 2 rings (SSSR count). The summed E-state index contributed by atoms with van der Waals surface area (Å²) >= 11 is 1.65. The summed E-state index contributed by atoms with van der Waals surface area (Å²) in [7, 11) is 0. The van der Waals surface area contributed by atoms with Crippen LogP contribution in [0.5, 0.6) is 0 Å². The summed E-state index contributed by atoms with van der Waals surface area (Å²) in [6, 6.07) is 11.3. The van der Waals surface area contributed by atoms with Gasteiger partial charge in [0.25, 0.3) is 5.91 Å². The molecule has 0 saturated carbocycles. The van der Waals surface area contributed by atoms with Gasteiger partial charge in [0, 0.05) is 10.4 Å². The van der Waals surface area contributed by atoms with E-state index in [1.165, 1.54) is 0 Å². The van der Waals surface area contributed by atoms with Crippen molar-refractivity contribution in [3.8, 4) is 0 Å². The maximum atomic E-state index is 11.5. The van der Waals surface area contributed by atoms with Crippen molar-refractivity contribution in [1.82, 2.24) is 5.43 Å². The van der Waals surface area contributed by atoms with Gasteiger partial charge in [-0.3, -0.25) is 10.2 Å². The van der Waals surface area contributed by atoms with Gasteiger partial charge in [-0.05, 0) is 23.1 Å². The van der Waals surface area contributed by atoms with Crippen molar-refractivity contribution in [3.63, 3.8) is 0 Å². The third-order valence-corrected chi connectivity index (χ3v) is 3.32. The van der Waals surface area contributed by atoms with Crippen LogP contribution in [0, 0.1) is 0 Å². The van der Waals surface area contributed by atoms with Crippen molar-refractivity contribution >= 4 is 17.2 Å². The second kappa shape index (κ2) is 6.30. The molecule has 0 aliphatic rings. The van der Waals surface area contributed by atoms with Crippen LogP contribution in [0.2, 0.25) is 0 Å². The number of nitrogen functional groups attached to an aromatic ring is 1. The lowest BCUT2D eigenvalue weighted by molar-refractivity contribution is 0.0930. The average molecular weight is 262 g/mol. The largest absolute Gasteiger partial charge is 0.371 e. The number of thiophene rings is 1. The summed E-state index contributed by atoms with van der Waals surface area (Å²) in [6.45, 7) is 0.942. The number of carbonyl (C=O) groups excluding carboxylic acids is 1. The van der Waals surface area contributed by atoms with Gasteiger partial charge in [-0.2, -0.15) is 0 Å². The summed E-state index contributed by atoms with van der Waals surface area (Å²) in [5.74, 6) is 4.84. The fraction of sp³-hybridized carbons (Fsp3) is 0.154. The minimum absolute atomic E-state index is 0.301. The van der Waals surface area contributed by atoms with E-state index < -0.39 is 0 Å². The predicted octanol–water partition coefficient (Wildman–Crippen LogP) is 2.07. The van der Waals surface area contributed by atoms with Gasteiger partial charge in [-0.15, -0.1) is 11.3 Å². The SMILES string of the molecule is NNC(=O)c1ccccc1COCc1cccs1. The fourth-order valence-corrected chi connectivity index (χ4v) is 2.24. The highest BCUT2D eigenvalue weighted by Gasteiger charge is 2.09. The van der Waals surface area contributed by atoms with Crippen LogP contribution >= 0.6 is 11.3 Å². The third-order valence-electron chi connectivity index (χ3n) is 2.48. The Bertz CT molecular complexity index is 511. The maximum Gasteiger partial charge on any atom is 0.265 e. The molecule has 1 heterocycles. The van der Waals surface area contributed by atoms with E-state index >= 15 is 0 Å². The Balaban J connectivity index is 1.98. The van der Waals surface area contributed by atoms with Gasteiger partial charge in [-0.25, -0.2) is 5.84 Å². The van der Waals surface area contributed by atoms with E-state index in [4.69, 9.17) is 10.6 Å². The highest BCUT2D eigenvalue weighted by Crippen LogP contribution is 2.13. The number of hydrogen-bond acceptors (Lipinski definition) is 4. The lowest BCUT2D eigenvalue weighted by Gasteiger charge is -2.08. The fourth-order valence-electron chi connectivity index (χ4n) is 1.60. The van der Waals surface area contributed by atoms with Crippen LogP contribution in [0.1, 0.15) is 20.8 Å². The van der Waals surface area contributed by atoms with Crippen molar-refractivity contribution in [2.24, 2.45) is 5.84 Å². The topological polar surface area (TPSA) is 64.3 Å². The van der Waals surface area contributed by atoms with Crippen molar-refractivity contribution in [2.75, 3.05) is 0 Å². The minimum Gasteiger partial charge on any atom is -0.371 e. The first kappa shape index (κ1) is 12.8. The van der Waals surface area contributed by atoms with Gasteiger partial charge in [0.05, 0.1) is 13.2 Å². The summed E-state index contributed by atoms with van der Waals surface area (Å²) in [5.41, 5.74) is 3.51. The van der Waals surface area contributed by atoms with E-state index in [0.717, 1.165) is 10.4 Å². The number of hydrazine groups is 1. The van der Waals surface area contributed by atoms with Crippen molar-refractivity contribution in [1.29, 1.82) is 0 Å². The zero-order valence-corrected chi connectivity index (χ0v) is 10.6. The van der Waals surface area contributed by atoms with E-state index in [1.807, 2.05) is 29.6 Å². The first-order chi connectivity index (χ1) is 8.81.